The number of nitrogens with zero attached hydrogens (tertiary/aromatic N) is 3. The summed E-state index contributed by atoms with van der Waals surface area (Å²) in [5.41, 5.74) is 0.412. The Labute approximate surface area is 164 Å². The first-order valence-corrected chi connectivity index (χ1v) is 9.64. The molecule has 1 N–H and O–H groups in total. The number of fused-ring (bicyclic) bond motifs is 1. The largest absolute Gasteiger partial charge is 0.493 e. The Kier molecular flexibility index (Phi) is 6.51. The van der Waals surface area contributed by atoms with Crippen LogP contribution < -0.4 is 20.3 Å². The van der Waals surface area contributed by atoms with Crippen molar-refractivity contribution in [3.63, 3.8) is 0 Å². The molecular formula is C20H28N4O4. The van der Waals surface area contributed by atoms with Crippen LogP contribution in [0.1, 0.15) is 25.7 Å². The van der Waals surface area contributed by atoms with Gasteiger partial charge in [0.25, 0.3) is 5.56 Å². The van der Waals surface area contributed by atoms with Crippen molar-refractivity contribution in [3.05, 3.63) is 28.8 Å². The van der Waals surface area contributed by atoms with Gasteiger partial charge in [0.05, 0.1) is 31.4 Å². The van der Waals surface area contributed by atoms with E-state index in [-0.39, 0.29) is 17.5 Å². The van der Waals surface area contributed by atoms with Gasteiger partial charge in [-0.05, 0) is 32.4 Å². The summed E-state index contributed by atoms with van der Waals surface area (Å²) in [6.45, 7) is 2.10. The summed E-state index contributed by atoms with van der Waals surface area (Å²) in [5, 5.41) is 3.62. The zero-order valence-corrected chi connectivity index (χ0v) is 16.7. The third-order valence-corrected chi connectivity index (χ3v) is 5.26. The number of hydrogen-bond donors (Lipinski definition) is 1. The molecule has 1 aliphatic heterocycles. The summed E-state index contributed by atoms with van der Waals surface area (Å²) in [6, 6.07) is 3.63. The molecule has 8 heteroatoms. The van der Waals surface area contributed by atoms with E-state index >= 15 is 0 Å². The van der Waals surface area contributed by atoms with E-state index in [4.69, 9.17) is 9.47 Å². The number of hydrogen-bond acceptors (Lipinski definition) is 6. The fraction of sp³-hybridized carbons (Fsp3) is 0.550. The van der Waals surface area contributed by atoms with Gasteiger partial charge in [-0.3, -0.25) is 14.2 Å². The fourth-order valence-electron chi connectivity index (χ4n) is 3.80. The number of carbonyl (C=O) groups is 1. The molecule has 0 radical (unpaired) electrons. The van der Waals surface area contributed by atoms with Crippen LogP contribution in [0, 0.1) is 0 Å². The number of likely N-dealkylation sites (N-methyl/N-ethyl adjacent to an activating group) is 1. The summed E-state index contributed by atoms with van der Waals surface area (Å²) >= 11 is 0. The van der Waals surface area contributed by atoms with E-state index in [0.29, 0.717) is 41.8 Å². The highest BCUT2D eigenvalue weighted by Crippen LogP contribution is 2.29. The molecule has 3 rings (SSSR count). The number of carbonyl (C=O) groups excluding carboxylic acids is 1. The molecule has 1 amide bonds. The van der Waals surface area contributed by atoms with Crippen LogP contribution in [0.3, 0.4) is 0 Å². The van der Waals surface area contributed by atoms with Crippen molar-refractivity contribution in [1.29, 1.82) is 0 Å². The van der Waals surface area contributed by atoms with E-state index in [1.807, 2.05) is 11.9 Å². The normalized spacial score (nSPS) is 16.5. The third-order valence-electron chi connectivity index (χ3n) is 5.26. The number of ether oxygens (including phenoxy) is 2. The minimum absolute atomic E-state index is 0.146. The van der Waals surface area contributed by atoms with Crippen LogP contribution in [0.2, 0.25) is 0 Å². The van der Waals surface area contributed by atoms with Crippen molar-refractivity contribution >= 4 is 16.8 Å². The number of aryl methyl sites for hydroxylation is 1. The Morgan fingerprint density at radius 3 is 2.75 bits per heavy atom. The maximum Gasteiger partial charge on any atom is 0.261 e. The molecule has 1 aliphatic rings. The average molecular weight is 388 g/mol. The second-order valence-corrected chi connectivity index (χ2v) is 7.01. The second-order valence-electron chi connectivity index (χ2n) is 7.01. The lowest BCUT2D eigenvalue weighted by Gasteiger charge is -2.24. The monoisotopic (exact) mass is 388 g/mol. The molecule has 1 unspecified atom stereocenters. The van der Waals surface area contributed by atoms with Gasteiger partial charge in [-0.15, -0.1) is 0 Å². The lowest BCUT2D eigenvalue weighted by molar-refractivity contribution is -0.132. The number of amides is 1. The van der Waals surface area contributed by atoms with Gasteiger partial charge in [0, 0.05) is 38.2 Å². The predicted octanol–water partition coefficient (Wildman–Crippen LogP) is 1.40. The van der Waals surface area contributed by atoms with Crippen molar-refractivity contribution in [3.8, 4) is 11.5 Å². The molecular weight excluding hydrogens is 360 g/mol. The quantitative estimate of drug-likeness (QED) is 0.736. The molecule has 1 aromatic carbocycles. The number of nitrogens with one attached hydrogen (secondary N) is 1. The molecule has 8 nitrogen and oxygen atoms in total. The van der Waals surface area contributed by atoms with Gasteiger partial charge < -0.3 is 19.7 Å². The highest BCUT2D eigenvalue weighted by atomic mass is 16.5. The number of rotatable bonds is 8. The van der Waals surface area contributed by atoms with Crippen LogP contribution in [0.4, 0.5) is 0 Å². The molecule has 28 heavy (non-hydrogen) atoms. The van der Waals surface area contributed by atoms with Gasteiger partial charge in [0.2, 0.25) is 5.91 Å². The van der Waals surface area contributed by atoms with E-state index < -0.39 is 0 Å². The van der Waals surface area contributed by atoms with Crippen LogP contribution in [-0.2, 0) is 11.3 Å². The number of likely N-dealkylation sites (tertiary alicyclic amines) is 1. The molecule has 1 saturated heterocycles. The van der Waals surface area contributed by atoms with E-state index in [1.54, 1.807) is 23.8 Å². The van der Waals surface area contributed by atoms with Crippen molar-refractivity contribution in [2.75, 3.05) is 34.4 Å². The zero-order chi connectivity index (χ0) is 20.1. The second kappa shape index (κ2) is 9.05. The van der Waals surface area contributed by atoms with Gasteiger partial charge in [0.15, 0.2) is 11.5 Å². The Morgan fingerprint density at radius 2 is 2.04 bits per heavy atom. The summed E-state index contributed by atoms with van der Waals surface area (Å²) < 4.78 is 12.1. The summed E-state index contributed by atoms with van der Waals surface area (Å²) in [7, 11) is 4.98. The Bertz CT molecular complexity index is 896. The average Bonchev–Trinajstić information content (AvgIpc) is 3.17. The molecule has 2 aromatic rings. The van der Waals surface area contributed by atoms with Gasteiger partial charge >= 0.3 is 0 Å². The molecule has 1 aromatic heterocycles. The maximum atomic E-state index is 12.8. The zero-order valence-electron chi connectivity index (χ0n) is 16.7. The fourth-order valence-corrected chi connectivity index (χ4v) is 3.80. The first-order valence-electron chi connectivity index (χ1n) is 9.64. The molecule has 0 saturated carbocycles. The molecule has 0 aliphatic carbocycles. The lowest BCUT2D eigenvalue weighted by Crippen LogP contribution is -2.40. The summed E-state index contributed by atoms with van der Waals surface area (Å²) in [6.07, 6.45) is 4.66. The third kappa shape index (κ3) is 4.11. The Balaban J connectivity index is 1.68. The molecule has 1 atom stereocenters. The molecule has 0 spiro atoms. The first-order chi connectivity index (χ1) is 13.6. The maximum absolute atomic E-state index is 12.8. The van der Waals surface area contributed by atoms with Crippen LogP contribution >= 0.6 is 0 Å². The van der Waals surface area contributed by atoms with Crippen molar-refractivity contribution in [2.45, 2.75) is 38.3 Å². The van der Waals surface area contributed by atoms with Crippen LogP contribution in [0.15, 0.2) is 23.3 Å². The van der Waals surface area contributed by atoms with E-state index in [2.05, 4.69) is 10.3 Å². The van der Waals surface area contributed by atoms with Gasteiger partial charge in [-0.2, -0.15) is 0 Å². The number of aromatic nitrogens is 2. The molecule has 1 fully saturated rings. The summed E-state index contributed by atoms with van der Waals surface area (Å²) in [5.74, 6) is 1.18. The van der Waals surface area contributed by atoms with Gasteiger partial charge in [0.1, 0.15) is 0 Å². The lowest BCUT2D eigenvalue weighted by atomic mass is 10.2. The van der Waals surface area contributed by atoms with Gasteiger partial charge in [-0.1, -0.05) is 0 Å². The van der Waals surface area contributed by atoms with Gasteiger partial charge in [-0.25, -0.2) is 4.98 Å². The summed E-state index contributed by atoms with van der Waals surface area (Å²) in [4.78, 5) is 31.7. The smallest absolute Gasteiger partial charge is 0.261 e. The molecule has 2 heterocycles. The SMILES string of the molecule is CNCC1CCCN1C(=O)CCCn1cnc2cc(OC)c(OC)cc2c1=O. The molecule has 152 valence electrons. The van der Waals surface area contributed by atoms with Crippen molar-refractivity contribution < 1.29 is 14.3 Å². The van der Waals surface area contributed by atoms with E-state index in [1.165, 1.54) is 13.4 Å². The number of benzene rings is 1. The standard InChI is InChI=1S/C20H28N4O4/c1-21-12-14-6-4-9-24(14)19(25)7-5-8-23-13-22-16-11-18(28-3)17(27-2)10-15(16)20(23)26/h10-11,13-14,21H,4-9,12H2,1-3H3. The highest BCUT2D eigenvalue weighted by molar-refractivity contribution is 5.81. The Hall–Kier alpha value is -2.61. The first kappa shape index (κ1) is 20.1. The van der Waals surface area contributed by atoms with Crippen molar-refractivity contribution in [1.82, 2.24) is 19.8 Å². The van der Waals surface area contributed by atoms with Crippen LogP contribution in [0.5, 0.6) is 11.5 Å². The van der Waals surface area contributed by atoms with Crippen molar-refractivity contribution in [2.24, 2.45) is 0 Å². The topological polar surface area (TPSA) is 85.7 Å². The van der Waals surface area contributed by atoms with Crippen LogP contribution in [-0.4, -0.2) is 60.8 Å². The van der Waals surface area contributed by atoms with E-state index in [0.717, 1.165) is 25.9 Å². The van der Waals surface area contributed by atoms with E-state index in [9.17, 15) is 9.59 Å². The highest BCUT2D eigenvalue weighted by Gasteiger charge is 2.27. The predicted molar refractivity (Wildman–Crippen MR) is 107 cm³/mol. The van der Waals surface area contributed by atoms with Crippen LogP contribution in [0.25, 0.3) is 10.9 Å². The Morgan fingerprint density at radius 1 is 1.29 bits per heavy atom. The minimum Gasteiger partial charge on any atom is -0.493 e. The number of methoxy groups -OCH3 is 2. The molecule has 0 bridgehead atoms. The minimum atomic E-state index is -0.146.